The van der Waals surface area contributed by atoms with Gasteiger partial charge in [0.2, 0.25) is 0 Å². The molecule has 0 saturated heterocycles. The quantitative estimate of drug-likeness (QED) is 0.129. The molecule has 6 aromatic carbocycles. The molecule has 0 N–H and O–H groups in total. The summed E-state index contributed by atoms with van der Waals surface area (Å²) in [6, 6.07) is 53.9. The monoisotopic (exact) mass is 811 g/mol. The maximum atomic E-state index is 6.78. The molecule has 7 heteroatoms. The summed E-state index contributed by atoms with van der Waals surface area (Å²) in [4.78, 5) is 4.71. The van der Waals surface area contributed by atoms with Crippen molar-refractivity contribution in [3.05, 3.63) is 164 Å². The van der Waals surface area contributed by atoms with E-state index in [1.807, 2.05) is 102 Å². The van der Waals surface area contributed by atoms with Crippen LogP contribution in [0.15, 0.2) is 150 Å². The van der Waals surface area contributed by atoms with Crippen LogP contribution in [0.3, 0.4) is 0 Å². The van der Waals surface area contributed by atoms with E-state index < -0.39 is 0 Å². The van der Waals surface area contributed by atoms with Gasteiger partial charge in [0.15, 0.2) is 0 Å². The number of para-hydroxylation sites is 5. The predicted octanol–water partition coefficient (Wildman–Crippen LogP) is 9.49. The van der Waals surface area contributed by atoms with Gasteiger partial charge in [0.1, 0.15) is 11.4 Å². The topological polar surface area (TPSA) is 49.0 Å². The number of hydrogen-bond donors (Lipinski definition) is 0. The Kier molecular flexibility index (Phi) is 6.92. The van der Waals surface area contributed by atoms with Crippen LogP contribution in [-0.2, 0) is 21.1 Å². The molecule has 4 aromatic heterocycles. The first kappa shape index (κ1) is 29.2. The van der Waals surface area contributed by atoms with E-state index in [4.69, 9.17) is 14.1 Å². The molecule has 0 atom stereocenters. The first-order valence-corrected chi connectivity index (χ1v) is 15.7. The van der Waals surface area contributed by atoms with Crippen molar-refractivity contribution in [2.75, 3.05) is 0 Å². The fourth-order valence-corrected chi connectivity index (χ4v) is 6.75. The van der Waals surface area contributed by atoms with Crippen molar-refractivity contribution in [1.29, 1.82) is 0 Å². The van der Waals surface area contributed by atoms with Crippen LogP contribution in [0.5, 0.6) is 11.5 Å². The number of ether oxygens (including phenoxy) is 1. The minimum atomic E-state index is 0. The van der Waals surface area contributed by atoms with Crippen LogP contribution in [0.1, 0.15) is 0 Å². The fraction of sp³-hybridized carbons (Fsp3) is 0. The van der Waals surface area contributed by atoms with Gasteiger partial charge in [-0.05, 0) is 58.2 Å². The molecular formula is C42H24N4O2Pt-2. The molecule has 0 saturated carbocycles. The van der Waals surface area contributed by atoms with Gasteiger partial charge < -0.3 is 18.3 Å². The SMILES string of the molecule is [Pt].[c-]1c(Oc2[c-]c3c(c4ccccc4n3-c3ccccn3)c3oc4ccccc4c23)cccc1-n1[c-][n+](-c2ccccc2)c2ccccc21. The first-order valence-electron chi connectivity index (χ1n) is 15.7. The van der Waals surface area contributed by atoms with Crippen LogP contribution in [0.2, 0.25) is 0 Å². The number of fused-ring (bicyclic) bond motifs is 8. The van der Waals surface area contributed by atoms with E-state index in [9.17, 15) is 0 Å². The van der Waals surface area contributed by atoms with Crippen LogP contribution in [-0.4, -0.2) is 14.1 Å². The van der Waals surface area contributed by atoms with Crippen LogP contribution in [0.25, 0.3) is 72.0 Å². The predicted molar refractivity (Wildman–Crippen MR) is 187 cm³/mol. The number of furan rings is 1. The van der Waals surface area contributed by atoms with E-state index in [0.717, 1.165) is 72.0 Å². The smallest absolute Gasteiger partial charge is 0.268 e. The minimum Gasteiger partial charge on any atom is -0.509 e. The van der Waals surface area contributed by atoms with Gasteiger partial charge in [-0.15, -0.1) is 18.2 Å². The molecule has 0 aliphatic carbocycles. The number of imidazole rings is 1. The van der Waals surface area contributed by atoms with Crippen LogP contribution in [0.4, 0.5) is 0 Å². The number of hydrogen-bond acceptors (Lipinski definition) is 3. The van der Waals surface area contributed by atoms with Gasteiger partial charge in [0.05, 0.1) is 16.7 Å². The van der Waals surface area contributed by atoms with Gasteiger partial charge >= 0.3 is 0 Å². The minimum absolute atomic E-state index is 0. The van der Waals surface area contributed by atoms with Gasteiger partial charge in [-0.3, -0.25) is 4.57 Å². The van der Waals surface area contributed by atoms with Crippen molar-refractivity contribution in [3.8, 4) is 28.7 Å². The fourth-order valence-electron chi connectivity index (χ4n) is 6.75. The molecule has 6 nitrogen and oxygen atoms in total. The second kappa shape index (κ2) is 11.6. The van der Waals surface area contributed by atoms with E-state index in [1.165, 1.54) is 0 Å². The average Bonchev–Trinajstić information content (AvgIpc) is 3.83. The van der Waals surface area contributed by atoms with Crippen LogP contribution >= 0.6 is 0 Å². The van der Waals surface area contributed by atoms with Crippen molar-refractivity contribution < 1.29 is 34.8 Å². The number of rotatable bonds is 5. The molecular weight excluding hydrogens is 788 g/mol. The average molecular weight is 812 g/mol. The molecule has 0 bridgehead atoms. The summed E-state index contributed by atoms with van der Waals surface area (Å²) in [6.45, 7) is 0. The van der Waals surface area contributed by atoms with Crippen molar-refractivity contribution in [3.63, 3.8) is 0 Å². The van der Waals surface area contributed by atoms with Gasteiger partial charge in [-0.1, -0.05) is 95.8 Å². The zero-order valence-electron chi connectivity index (χ0n) is 25.8. The summed E-state index contributed by atoms with van der Waals surface area (Å²) >= 11 is 0. The van der Waals surface area contributed by atoms with E-state index in [-0.39, 0.29) is 21.1 Å². The summed E-state index contributed by atoms with van der Waals surface area (Å²) in [6.07, 6.45) is 5.34. The molecule has 10 rings (SSSR count). The van der Waals surface area contributed by atoms with Gasteiger partial charge in [-0.2, -0.15) is 12.1 Å². The van der Waals surface area contributed by atoms with Gasteiger partial charge in [-0.25, -0.2) is 4.98 Å². The molecule has 49 heavy (non-hydrogen) atoms. The normalized spacial score (nSPS) is 11.5. The second-order valence-corrected chi connectivity index (χ2v) is 11.6. The Hall–Kier alpha value is -5.97. The molecule has 0 fully saturated rings. The summed E-state index contributed by atoms with van der Waals surface area (Å²) in [5, 5.41) is 3.84. The number of pyridine rings is 1. The molecule has 10 aromatic rings. The van der Waals surface area contributed by atoms with Gasteiger partial charge in [0.25, 0.3) is 6.33 Å². The van der Waals surface area contributed by atoms with E-state index in [2.05, 4.69) is 70.1 Å². The van der Waals surface area contributed by atoms with Crippen molar-refractivity contribution in [2.45, 2.75) is 0 Å². The largest absolute Gasteiger partial charge is 0.509 e. The third kappa shape index (κ3) is 4.60. The molecule has 0 unspecified atom stereocenters. The maximum Gasteiger partial charge on any atom is 0.268 e. The standard InChI is InChI=1S/C42H24N4O2.Pt/c1-2-13-28(14-3-1)44-27-45(35-21-8-7-20-34(35)44)29-15-12-16-30(25-29)47-38-26-36-40(42-41(38)32-18-5-9-22-37(32)48-42)31-17-4-6-19-33(31)46(36)39-23-10-11-24-43-39;/h1-24H;/q-2;. The third-order valence-electron chi connectivity index (χ3n) is 8.82. The van der Waals surface area contributed by atoms with Crippen molar-refractivity contribution in [2.24, 2.45) is 0 Å². The molecule has 236 valence electrons. The molecule has 0 aliphatic heterocycles. The number of aromatic nitrogens is 4. The summed E-state index contributed by atoms with van der Waals surface area (Å²) in [5.41, 5.74) is 7.23. The Balaban J connectivity index is 0.00000325. The molecule has 0 amide bonds. The Bertz CT molecular complexity index is 2820. The van der Waals surface area contributed by atoms with Gasteiger partial charge in [0, 0.05) is 49.9 Å². The number of nitrogens with zero attached hydrogens (tertiary/aromatic N) is 4. The molecule has 0 radical (unpaired) electrons. The number of benzene rings is 6. The van der Waals surface area contributed by atoms with E-state index in [1.54, 1.807) is 6.20 Å². The molecule has 0 spiro atoms. The molecule has 4 heterocycles. The van der Waals surface area contributed by atoms with Crippen molar-refractivity contribution in [1.82, 2.24) is 14.1 Å². The summed E-state index contributed by atoms with van der Waals surface area (Å²) in [7, 11) is 0. The third-order valence-corrected chi connectivity index (χ3v) is 8.82. The van der Waals surface area contributed by atoms with Crippen LogP contribution in [0, 0.1) is 18.5 Å². The zero-order valence-corrected chi connectivity index (χ0v) is 28.1. The Morgan fingerprint density at radius 1 is 0.653 bits per heavy atom. The first-order chi connectivity index (χ1) is 23.8. The maximum absolute atomic E-state index is 6.78. The van der Waals surface area contributed by atoms with Crippen LogP contribution < -0.4 is 9.30 Å². The van der Waals surface area contributed by atoms with Crippen molar-refractivity contribution >= 4 is 54.8 Å². The zero-order chi connectivity index (χ0) is 31.6. The van der Waals surface area contributed by atoms with E-state index in [0.29, 0.717) is 11.5 Å². The summed E-state index contributed by atoms with van der Waals surface area (Å²) in [5.74, 6) is 1.89. The summed E-state index contributed by atoms with van der Waals surface area (Å²) < 4.78 is 19.6. The van der Waals surface area contributed by atoms with E-state index >= 15 is 0 Å². The molecule has 0 aliphatic rings. The second-order valence-electron chi connectivity index (χ2n) is 11.6. The Morgan fingerprint density at radius 2 is 1.41 bits per heavy atom. The Morgan fingerprint density at radius 3 is 2.27 bits per heavy atom. The Labute approximate surface area is 295 Å².